The van der Waals surface area contributed by atoms with E-state index in [0.29, 0.717) is 0 Å². The summed E-state index contributed by atoms with van der Waals surface area (Å²) in [6.07, 6.45) is 1.36. The molecule has 2 aromatic carbocycles. The molecule has 146 valence electrons. The SMILES string of the molecule is N#CC1=C(N)n2c(s/c(=C\c3ccccc3F)c2=O)=C(C#N)[C@H]1c1ccccc1F. The lowest BCUT2D eigenvalue weighted by molar-refractivity contribution is 0.609. The number of nitriles is 2. The van der Waals surface area contributed by atoms with Crippen LogP contribution < -0.4 is 20.5 Å². The van der Waals surface area contributed by atoms with Crippen molar-refractivity contribution in [1.82, 2.24) is 4.57 Å². The van der Waals surface area contributed by atoms with Crippen molar-refractivity contribution in [3.8, 4) is 12.1 Å². The summed E-state index contributed by atoms with van der Waals surface area (Å²) in [6, 6.07) is 15.6. The van der Waals surface area contributed by atoms with E-state index in [1.165, 1.54) is 42.5 Å². The van der Waals surface area contributed by atoms with Gasteiger partial charge in [0, 0.05) is 11.1 Å². The fourth-order valence-corrected chi connectivity index (χ4v) is 4.52. The van der Waals surface area contributed by atoms with Crippen LogP contribution in [0, 0.1) is 34.3 Å². The molecule has 1 atom stereocenters. The summed E-state index contributed by atoms with van der Waals surface area (Å²) in [6.45, 7) is 0. The summed E-state index contributed by atoms with van der Waals surface area (Å²) in [5.74, 6) is -2.32. The van der Waals surface area contributed by atoms with E-state index in [1.54, 1.807) is 12.1 Å². The van der Waals surface area contributed by atoms with Gasteiger partial charge >= 0.3 is 0 Å². The normalized spacial score (nSPS) is 16.2. The quantitative estimate of drug-likeness (QED) is 0.690. The highest BCUT2D eigenvalue weighted by molar-refractivity contribution is 7.07. The molecule has 0 aliphatic carbocycles. The first-order chi connectivity index (χ1) is 14.5. The fraction of sp³-hybridized carbons (Fsp3) is 0.0455. The molecule has 0 unspecified atom stereocenters. The number of benzene rings is 2. The molecular formula is C22H12F2N4OS. The van der Waals surface area contributed by atoms with Gasteiger partial charge in [0.15, 0.2) is 0 Å². The largest absolute Gasteiger partial charge is 0.384 e. The van der Waals surface area contributed by atoms with Gasteiger partial charge in [0.25, 0.3) is 5.56 Å². The third-order valence-corrected chi connectivity index (χ3v) is 5.91. The first-order valence-corrected chi connectivity index (χ1v) is 9.56. The zero-order valence-electron chi connectivity index (χ0n) is 15.3. The van der Waals surface area contributed by atoms with Crippen LogP contribution in [0.2, 0.25) is 0 Å². The van der Waals surface area contributed by atoms with Gasteiger partial charge in [0.1, 0.15) is 22.1 Å². The monoisotopic (exact) mass is 418 g/mol. The third kappa shape index (κ3) is 2.91. The van der Waals surface area contributed by atoms with E-state index in [-0.39, 0.29) is 37.3 Å². The van der Waals surface area contributed by atoms with Crippen LogP contribution >= 0.6 is 11.3 Å². The molecular weight excluding hydrogens is 406 g/mol. The molecule has 0 radical (unpaired) electrons. The first kappa shape index (κ1) is 19.3. The molecule has 4 rings (SSSR count). The molecule has 1 aromatic heterocycles. The van der Waals surface area contributed by atoms with Crippen molar-refractivity contribution in [2.75, 3.05) is 0 Å². The number of allylic oxidation sites excluding steroid dienone is 1. The lowest BCUT2D eigenvalue weighted by atomic mass is 9.84. The van der Waals surface area contributed by atoms with Gasteiger partial charge in [0.05, 0.1) is 33.7 Å². The number of rotatable bonds is 2. The summed E-state index contributed by atoms with van der Waals surface area (Å²) >= 11 is 0.941. The van der Waals surface area contributed by atoms with Gasteiger partial charge in [-0.2, -0.15) is 10.5 Å². The van der Waals surface area contributed by atoms with Crippen LogP contribution in [-0.4, -0.2) is 4.57 Å². The topological polar surface area (TPSA) is 95.6 Å². The zero-order chi connectivity index (χ0) is 21.4. The lowest BCUT2D eigenvalue weighted by Gasteiger charge is -2.22. The number of halogens is 2. The predicted molar refractivity (Wildman–Crippen MR) is 109 cm³/mol. The van der Waals surface area contributed by atoms with E-state index in [4.69, 9.17) is 5.73 Å². The van der Waals surface area contributed by atoms with Crippen LogP contribution in [0.1, 0.15) is 17.0 Å². The minimum atomic E-state index is -1.04. The second-order valence-corrected chi connectivity index (χ2v) is 7.50. The highest BCUT2D eigenvalue weighted by Gasteiger charge is 2.33. The highest BCUT2D eigenvalue weighted by Crippen LogP contribution is 2.36. The minimum absolute atomic E-state index is 0.0288. The Kier molecular flexibility index (Phi) is 4.78. The van der Waals surface area contributed by atoms with Crippen molar-refractivity contribution in [3.63, 3.8) is 0 Å². The fourth-order valence-electron chi connectivity index (χ4n) is 3.41. The molecule has 1 aliphatic heterocycles. The van der Waals surface area contributed by atoms with Crippen LogP contribution in [0.15, 0.2) is 58.9 Å². The van der Waals surface area contributed by atoms with E-state index >= 15 is 0 Å². The van der Waals surface area contributed by atoms with Crippen molar-refractivity contribution in [3.05, 3.63) is 96.4 Å². The van der Waals surface area contributed by atoms with Crippen molar-refractivity contribution in [2.45, 2.75) is 5.92 Å². The first-order valence-electron chi connectivity index (χ1n) is 8.75. The molecule has 0 amide bonds. The molecule has 1 aliphatic rings. The summed E-state index contributed by atoms with van der Waals surface area (Å²) in [4.78, 5) is 13.0. The van der Waals surface area contributed by atoms with Gasteiger partial charge in [-0.1, -0.05) is 36.4 Å². The Labute approximate surface area is 173 Å². The van der Waals surface area contributed by atoms with Crippen molar-refractivity contribution < 1.29 is 8.78 Å². The zero-order valence-corrected chi connectivity index (χ0v) is 16.1. The van der Waals surface area contributed by atoms with E-state index < -0.39 is 23.1 Å². The Morgan fingerprint density at radius 1 is 1.00 bits per heavy atom. The molecule has 3 aromatic rings. The van der Waals surface area contributed by atoms with Crippen molar-refractivity contribution in [2.24, 2.45) is 5.73 Å². The summed E-state index contributed by atoms with van der Waals surface area (Å²) in [5, 5.41) is 19.5. The maximum Gasteiger partial charge on any atom is 0.274 e. The Bertz CT molecular complexity index is 1480. The van der Waals surface area contributed by atoms with Gasteiger partial charge in [-0.25, -0.2) is 8.78 Å². The molecule has 5 nitrogen and oxygen atoms in total. The molecule has 2 N–H and O–H groups in total. The molecule has 0 spiro atoms. The smallest absolute Gasteiger partial charge is 0.274 e. The molecule has 0 saturated carbocycles. The Hall–Kier alpha value is -4.01. The maximum absolute atomic E-state index is 14.5. The standard InChI is InChI=1S/C22H12F2N4OS/c23-16-7-3-1-5-12(16)9-18-21(29)28-20(27)14(10-25)19(15(11-26)22(28)30-18)13-6-2-4-8-17(13)24/h1-9,19H,27H2/b18-9-/t19-/m0/s1. The summed E-state index contributed by atoms with van der Waals surface area (Å²) < 4.78 is 29.9. The number of nitrogens with two attached hydrogens (primary N) is 1. The maximum atomic E-state index is 14.5. The van der Waals surface area contributed by atoms with Crippen LogP contribution in [0.25, 0.3) is 17.5 Å². The molecule has 0 bridgehead atoms. The number of nitrogens with zero attached hydrogens (tertiary/aromatic N) is 3. The average molecular weight is 418 g/mol. The van der Waals surface area contributed by atoms with Crippen LogP contribution in [-0.2, 0) is 0 Å². The van der Waals surface area contributed by atoms with Gasteiger partial charge < -0.3 is 5.73 Å². The van der Waals surface area contributed by atoms with Gasteiger partial charge in [-0.05, 0) is 18.2 Å². The average Bonchev–Trinajstić information content (AvgIpc) is 3.06. The van der Waals surface area contributed by atoms with E-state index in [1.807, 2.05) is 12.1 Å². The van der Waals surface area contributed by atoms with Gasteiger partial charge in [-0.3, -0.25) is 9.36 Å². The van der Waals surface area contributed by atoms with Gasteiger partial charge in [0.2, 0.25) is 0 Å². The summed E-state index contributed by atoms with van der Waals surface area (Å²) in [5.41, 5.74) is 5.79. The Balaban J connectivity index is 2.10. The van der Waals surface area contributed by atoms with Crippen molar-refractivity contribution in [1.29, 1.82) is 10.5 Å². The number of aromatic nitrogens is 1. The molecule has 0 saturated heterocycles. The number of hydrogen-bond donors (Lipinski definition) is 1. The second-order valence-electron chi connectivity index (χ2n) is 6.47. The van der Waals surface area contributed by atoms with E-state index in [0.717, 1.165) is 15.9 Å². The number of thiazole rings is 1. The number of hydrogen-bond acceptors (Lipinski definition) is 5. The lowest BCUT2D eigenvalue weighted by Crippen LogP contribution is -2.38. The van der Waals surface area contributed by atoms with Crippen LogP contribution in [0.3, 0.4) is 0 Å². The van der Waals surface area contributed by atoms with Crippen LogP contribution in [0.4, 0.5) is 8.78 Å². The number of fused-ring (bicyclic) bond motifs is 1. The molecule has 2 heterocycles. The van der Waals surface area contributed by atoms with E-state index in [2.05, 4.69) is 0 Å². The summed E-state index contributed by atoms with van der Waals surface area (Å²) in [7, 11) is 0. The minimum Gasteiger partial charge on any atom is -0.384 e. The van der Waals surface area contributed by atoms with Gasteiger partial charge in [-0.15, -0.1) is 11.3 Å². The second kappa shape index (κ2) is 7.43. The third-order valence-electron chi connectivity index (χ3n) is 4.80. The molecule has 30 heavy (non-hydrogen) atoms. The van der Waals surface area contributed by atoms with E-state index in [9.17, 15) is 24.1 Å². The predicted octanol–water partition coefficient (Wildman–Crippen LogP) is 2.14. The molecule has 0 fully saturated rings. The highest BCUT2D eigenvalue weighted by atomic mass is 32.1. The van der Waals surface area contributed by atoms with Crippen LogP contribution in [0.5, 0.6) is 0 Å². The Morgan fingerprint density at radius 3 is 2.27 bits per heavy atom. The molecule has 8 heteroatoms. The van der Waals surface area contributed by atoms with Crippen molar-refractivity contribution >= 4 is 28.8 Å². The Morgan fingerprint density at radius 2 is 1.63 bits per heavy atom.